The average molecular weight is 290 g/mol. The normalized spacial score (nSPS) is 16.3. The molecule has 0 spiro atoms. The van der Waals surface area contributed by atoms with Gasteiger partial charge in [-0.05, 0) is 17.7 Å². The Balaban J connectivity index is 1.72. The zero-order chi connectivity index (χ0) is 14.4. The van der Waals surface area contributed by atoms with Crippen molar-refractivity contribution in [2.75, 3.05) is 18.8 Å². The van der Waals surface area contributed by atoms with Gasteiger partial charge in [-0.1, -0.05) is 24.8 Å². The second-order valence-electron chi connectivity index (χ2n) is 4.59. The molecule has 0 bridgehead atoms. The first-order chi connectivity index (χ1) is 9.70. The Morgan fingerprint density at radius 3 is 2.95 bits per heavy atom. The topological polar surface area (TPSA) is 58.2 Å². The van der Waals surface area contributed by atoms with Crippen LogP contribution < -0.4 is 10.6 Å². The molecule has 1 aliphatic rings. The molecule has 1 unspecified atom stereocenters. The van der Waals surface area contributed by atoms with Crippen molar-refractivity contribution in [2.45, 2.75) is 17.2 Å². The lowest BCUT2D eigenvalue weighted by Gasteiger charge is -2.12. The number of amides is 2. The number of carbonyl (C=O) groups is 2. The second-order valence-corrected chi connectivity index (χ2v) is 5.66. The van der Waals surface area contributed by atoms with Crippen LogP contribution in [0.4, 0.5) is 0 Å². The van der Waals surface area contributed by atoms with E-state index in [4.69, 9.17) is 0 Å². The highest BCUT2D eigenvalue weighted by atomic mass is 32.2. The lowest BCUT2D eigenvalue weighted by atomic mass is 10.0. The van der Waals surface area contributed by atoms with Crippen LogP contribution in [0.5, 0.6) is 0 Å². The SMILES string of the molecule is C=CC(=O)NCCC(=O)NCC1CSc2ccccc21. The number of hydrogen-bond donors (Lipinski definition) is 2. The van der Waals surface area contributed by atoms with Crippen molar-refractivity contribution in [1.82, 2.24) is 10.6 Å². The summed E-state index contributed by atoms with van der Waals surface area (Å²) < 4.78 is 0. The van der Waals surface area contributed by atoms with Gasteiger partial charge < -0.3 is 10.6 Å². The number of nitrogens with one attached hydrogen (secondary N) is 2. The van der Waals surface area contributed by atoms with Gasteiger partial charge in [0, 0.05) is 36.1 Å². The molecule has 1 aliphatic heterocycles. The Labute approximate surface area is 123 Å². The van der Waals surface area contributed by atoms with E-state index in [0.29, 0.717) is 25.4 Å². The van der Waals surface area contributed by atoms with Crippen molar-refractivity contribution < 1.29 is 9.59 Å². The maximum atomic E-state index is 11.7. The third-order valence-corrected chi connectivity index (χ3v) is 4.43. The highest BCUT2D eigenvalue weighted by molar-refractivity contribution is 7.99. The first-order valence-electron chi connectivity index (χ1n) is 6.59. The summed E-state index contributed by atoms with van der Waals surface area (Å²) >= 11 is 1.83. The molecule has 4 nitrogen and oxygen atoms in total. The van der Waals surface area contributed by atoms with Crippen molar-refractivity contribution in [3.8, 4) is 0 Å². The molecule has 0 saturated heterocycles. The van der Waals surface area contributed by atoms with Crippen molar-refractivity contribution in [2.24, 2.45) is 0 Å². The van der Waals surface area contributed by atoms with Gasteiger partial charge in [-0.25, -0.2) is 0 Å². The number of fused-ring (bicyclic) bond motifs is 1. The van der Waals surface area contributed by atoms with Gasteiger partial charge in [-0.2, -0.15) is 0 Å². The molecular formula is C15H18N2O2S. The van der Waals surface area contributed by atoms with E-state index in [1.54, 1.807) is 0 Å². The van der Waals surface area contributed by atoms with Crippen LogP contribution in [-0.4, -0.2) is 30.7 Å². The van der Waals surface area contributed by atoms with Crippen LogP contribution in [-0.2, 0) is 9.59 Å². The van der Waals surface area contributed by atoms with Crippen molar-refractivity contribution in [1.29, 1.82) is 0 Å². The summed E-state index contributed by atoms with van der Waals surface area (Å²) in [6, 6.07) is 8.31. The molecule has 20 heavy (non-hydrogen) atoms. The Morgan fingerprint density at radius 1 is 1.35 bits per heavy atom. The van der Waals surface area contributed by atoms with Gasteiger partial charge in [0.25, 0.3) is 0 Å². The average Bonchev–Trinajstić information content (AvgIpc) is 2.88. The van der Waals surface area contributed by atoms with E-state index in [9.17, 15) is 9.59 Å². The minimum Gasteiger partial charge on any atom is -0.355 e. The van der Waals surface area contributed by atoms with Crippen LogP contribution in [0.15, 0.2) is 41.8 Å². The Hall–Kier alpha value is -1.75. The summed E-state index contributed by atoms with van der Waals surface area (Å²) in [7, 11) is 0. The standard InChI is InChI=1S/C15H18N2O2S/c1-2-14(18)16-8-7-15(19)17-9-11-10-20-13-6-4-3-5-12(11)13/h2-6,11H,1,7-10H2,(H,16,18)(H,17,19). The van der Waals surface area contributed by atoms with Crippen LogP contribution in [0, 0.1) is 0 Å². The van der Waals surface area contributed by atoms with E-state index in [2.05, 4.69) is 29.3 Å². The monoisotopic (exact) mass is 290 g/mol. The molecule has 0 aromatic heterocycles. The number of rotatable bonds is 6. The predicted octanol–water partition coefficient (Wildman–Crippen LogP) is 1.68. The molecule has 1 aromatic carbocycles. The fourth-order valence-electron chi connectivity index (χ4n) is 2.10. The molecule has 1 atom stereocenters. The van der Waals surface area contributed by atoms with Crippen LogP contribution in [0.1, 0.15) is 17.9 Å². The lowest BCUT2D eigenvalue weighted by molar-refractivity contribution is -0.121. The largest absolute Gasteiger partial charge is 0.355 e. The molecule has 0 saturated carbocycles. The molecule has 1 heterocycles. The fourth-order valence-corrected chi connectivity index (χ4v) is 3.35. The number of thioether (sulfide) groups is 1. The molecule has 2 N–H and O–H groups in total. The summed E-state index contributed by atoms with van der Waals surface area (Å²) in [6.07, 6.45) is 1.49. The maximum Gasteiger partial charge on any atom is 0.243 e. The smallest absolute Gasteiger partial charge is 0.243 e. The summed E-state index contributed by atoms with van der Waals surface area (Å²) in [5.41, 5.74) is 1.32. The van der Waals surface area contributed by atoms with Crippen molar-refractivity contribution >= 4 is 23.6 Å². The molecule has 0 fully saturated rings. The van der Waals surface area contributed by atoms with Gasteiger partial charge in [-0.15, -0.1) is 11.8 Å². The zero-order valence-electron chi connectivity index (χ0n) is 11.2. The minimum atomic E-state index is -0.251. The molecule has 0 aliphatic carbocycles. The summed E-state index contributed by atoms with van der Waals surface area (Å²) in [4.78, 5) is 23.9. The first-order valence-corrected chi connectivity index (χ1v) is 7.58. The third-order valence-electron chi connectivity index (χ3n) is 3.18. The van der Waals surface area contributed by atoms with E-state index in [1.807, 2.05) is 23.9 Å². The highest BCUT2D eigenvalue weighted by Gasteiger charge is 2.22. The molecule has 5 heteroatoms. The van der Waals surface area contributed by atoms with E-state index in [0.717, 1.165) is 5.75 Å². The quantitative estimate of drug-likeness (QED) is 0.784. The molecule has 1 aromatic rings. The minimum absolute atomic E-state index is 0.0382. The zero-order valence-corrected chi connectivity index (χ0v) is 12.0. The van der Waals surface area contributed by atoms with Gasteiger partial charge in [0.05, 0.1) is 0 Å². The third kappa shape index (κ3) is 3.87. The summed E-state index contributed by atoms with van der Waals surface area (Å²) in [5, 5.41) is 5.51. The Morgan fingerprint density at radius 2 is 2.15 bits per heavy atom. The number of benzene rings is 1. The van der Waals surface area contributed by atoms with E-state index in [1.165, 1.54) is 16.5 Å². The fraction of sp³-hybridized carbons (Fsp3) is 0.333. The van der Waals surface area contributed by atoms with Gasteiger partial charge in [0.15, 0.2) is 0 Å². The molecule has 2 amide bonds. The van der Waals surface area contributed by atoms with Gasteiger partial charge in [-0.3, -0.25) is 9.59 Å². The van der Waals surface area contributed by atoms with Crippen LogP contribution in [0.25, 0.3) is 0 Å². The van der Waals surface area contributed by atoms with Crippen LogP contribution in [0.2, 0.25) is 0 Å². The predicted molar refractivity (Wildman–Crippen MR) is 80.7 cm³/mol. The highest BCUT2D eigenvalue weighted by Crippen LogP contribution is 2.38. The van der Waals surface area contributed by atoms with Gasteiger partial charge in [0.2, 0.25) is 11.8 Å². The number of carbonyl (C=O) groups excluding carboxylic acids is 2. The van der Waals surface area contributed by atoms with Crippen molar-refractivity contribution in [3.05, 3.63) is 42.5 Å². The van der Waals surface area contributed by atoms with Gasteiger partial charge >= 0.3 is 0 Å². The maximum absolute atomic E-state index is 11.7. The Bertz CT molecular complexity index is 516. The van der Waals surface area contributed by atoms with Crippen LogP contribution in [0.3, 0.4) is 0 Å². The second kappa shape index (κ2) is 7.14. The molecule has 0 radical (unpaired) electrons. The molecule has 106 valence electrons. The van der Waals surface area contributed by atoms with E-state index >= 15 is 0 Å². The van der Waals surface area contributed by atoms with E-state index in [-0.39, 0.29) is 11.8 Å². The summed E-state index contributed by atoms with van der Waals surface area (Å²) in [6.45, 7) is 4.34. The first kappa shape index (κ1) is 14.7. The van der Waals surface area contributed by atoms with Gasteiger partial charge in [0.1, 0.15) is 0 Å². The lowest BCUT2D eigenvalue weighted by Crippen LogP contribution is -2.32. The van der Waals surface area contributed by atoms with E-state index < -0.39 is 0 Å². The van der Waals surface area contributed by atoms with Crippen molar-refractivity contribution in [3.63, 3.8) is 0 Å². The summed E-state index contributed by atoms with van der Waals surface area (Å²) in [5.74, 6) is 1.10. The Kier molecular flexibility index (Phi) is 5.24. The van der Waals surface area contributed by atoms with Crippen LogP contribution >= 0.6 is 11.8 Å². The molecular weight excluding hydrogens is 272 g/mol. The molecule has 2 rings (SSSR count). The number of hydrogen-bond acceptors (Lipinski definition) is 3.